The fourth-order valence-electron chi connectivity index (χ4n) is 3.18. The fraction of sp³-hybridized carbons (Fsp3) is 0.0800. The van der Waals surface area contributed by atoms with Gasteiger partial charge in [-0.3, -0.25) is 15.1 Å². The molecule has 0 aliphatic rings. The number of nitrogens with zero attached hydrogens (tertiary/aromatic N) is 2. The minimum absolute atomic E-state index is 0.311. The summed E-state index contributed by atoms with van der Waals surface area (Å²) in [6.45, 7) is 0.449. The summed E-state index contributed by atoms with van der Waals surface area (Å²) in [6.07, 6.45) is 4.03. The van der Waals surface area contributed by atoms with E-state index in [9.17, 15) is 4.79 Å². The zero-order valence-electron chi connectivity index (χ0n) is 17.6. The van der Waals surface area contributed by atoms with Gasteiger partial charge in [-0.15, -0.1) is 0 Å². The van der Waals surface area contributed by atoms with E-state index in [1.54, 1.807) is 24.7 Å². The highest BCUT2D eigenvalue weighted by Gasteiger charge is 2.12. The highest BCUT2D eigenvalue weighted by molar-refractivity contribution is 6.42. The molecule has 3 N–H and O–H groups in total. The second kappa shape index (κ2) is 10.8. The predicted octanol–water partition coefficient (Wildman–Crippen LogP) is 5.82. The van der Waals surface area contributed by atoms with E-state index < -0.39 is 0 Å². The number of aromatic amines is 1. The molecule has 0 aliphatic heterocycles. The first-order chi connectivity index (χ1) is 16.1. The number of nitrogens with one attached hydrogen (secondary N) is 3. The van der Waals surface area contributed by atoms with Crippen molar-refractivity contribution >= 4 is 40.8 Å². The molecule has 0 radical (unpaired) electrons. The van der Waals surface area contributed by atoms with Crippen LogP contribution >= 0.6 is 23.2 Å². The van der Waals surface area contributed by atoms with Gasteiger partial charge in [0, 0.05) is 36.1 Å². The molecule has 4 rings (SSSR count). The molecule has 0 unspecified atom stereocenters. The second-order valence-electron chi connectivity index (χ2n) is 7.21. The zero-order valence-corrected chi connectivity index (χ0v) is 19.1. The maximum absolute atomic E-state index is 12.8. The number of anilines is 1. The van der Waals surface area contributed by atoms with Crippen molar-refractivity contribution in [1.82, 2.24) is 15.3 Å². The van der Waals surface area contributed by atoms with Crippen LogP contribution in [0.5, 0.6) is 0 Å². The maximum atomic E-state index is 12.8. The Hall–Kier alpha value is -3.61. The van der Waals surface area contributed by atoms with Gasteiger partial charge in [-0.25, -0.2) is 4.98 Å². The molecule has 166 valence electrons. The largest absolute Gasteiger partial charge is 0.348 e. The predicted molar refractivity (Wildman–Crippen MR) is 134 cm³/mol. The van der Waals surface area contributed by atoms with Crippen molar-refractivity contribution in [3.8, 4) is 11.1 Å². The van der Waals surface area contributed by atoms with Crippen molar-refractivity contribution < 1.29 is 4.79 Å². The molecule has 3 aromatic carbocycles. The van der Waals surface area contributed by atoms with Gasteiger partial charge in [0.1, 0.15) is 0 Å². The standard InChI is InChI=1S/C25H21Cl2N5O/c26-22-10-9-19(14-23(22)27)24(33)32-25(29-12-11-21-15-28-16-30-21)31-20-8-4-7-18(13-20)17-5-2-1-3-6-17/h1-10,13-16H,11-12H2,(H,28,30)(H2,29,31,32,33). The lowest BCUT2D eigenvalue weighted by atomic mass is 10.1. The zero-order chi connectivity index (χ0) is 23.0. The molecule has 0 aliphatic carbocycles. The van der Waals surface area contributed by atoms with Crippen LogP contribution in [0.2, 0.25) is 10.0 Å². The molecule has 33 heavy (non-hydrogen) atoms. The summed E-state index contributed by atoms with van der Waals surface area (Å²) in [5, 5.41) is 6.77. The number of hydrogen-bond acceptors (Lipinski definition) is 3. The number of rotatable bonds is 6. The highest BCUT2D eigenvalue weighted by atomic mass is 35.5. The van der Waals surface area contributed by atoms with Crippen LogP contribution in [0, 0.1) is 0 Å². The Bertz CT molecular complexity index is 1260. The first kappa shape index (κ1) is 22.6. The van der Waals surface area contributed by atoms with Crippen LogP contribution in [0.3, 0.4) is 0 Å². The number of guanidine groups is 1. The van der Waals surface area contributed by atoms with Crippen LogP contribution in [0.25, 0.3) is 11.1 Å². The van der Waals surface area contributed by atoms with Crippen LogP contribution in [0.15, 0.2) is 90.3 Å². The summed E-state index contributed by atoms with van der Waals surface area (Å²) in [5.74, 6) is -0.0172. The molecule has 6 nitrogen and oxygen atoms in total. The van der Waals surface area contributed by atoms with E-state index in [2.05, 4.69) is 25.6 Å². The molecule has 0 atom stereocenters. The highest BCUT2D eigenvalue weighted by Crippen LogP contribution is 2.23. The van der Waals surface area contributed by atoms with Crippen molar-refractivity contribution in [3.63, 3.8) is 0 Å². The molecular weight excluding hydrogens is 457 g/mol. The van der Waals surface area contributed by atoms with E-state index in [0.717, 1.165) is 22.5 Å². The average molecular weight is 478 g/mol. The number of halogens is 2. The van der Waals surface area contributed by atoms with Gasteiger partial charge >= 0.3 is 0 Å². The summed E-state index contributed by atoms with van der Waals surface area (Å²) in [7, 11) is 0. The van der Waals surface area contributed by atoms with Crippen LogP contribution < -0.4 is 10.6 Å². The molecule has 1 aromatic heterocycles. The molecule has 1 amide bonds. The summed E-state index contributed by atoms with van der Waals surface area (Å²) in [5.41, 5.74) is 4.28. The summed E-state index contributed by atoms with van der Waals surface area (Å²) >= 11 is 12.0. The Labute approximate surface area is 201 Å². The minimum atomic E-state index is -0.347. The quantitative estimate of drug-likeness (QED) is 0.241. The van der Waals surface area contributed by atoms with E-state index in [-0.39, 0.29) is 5.91 Å². The lowest BCUT2D eigenvalue weighted by molar-refractivity contribution is 0.0977. The van der Waals surface area contributed by atoms with Crippen LogP contribution in [-0.2, 0) is 6.42 Å². The van der Waals surface area contributed by atoms with E-state index in [0.29, 0.717) is 34.5 Å². The van der Waals surface area contributed by atoms with E-state index in [4.69, 9.17) is 23.2 Å². The Balaban J connectivity index is 1.54. The third kappa shape index (κ3) is 6.22. The number of aromatic nitrogens is 2. The molecule has 0 saturated heterocycles. The van der Waals surface area contributed by atoms with Crippen LogP contribution in [0.1, 0.15) is 16.1 Å². The summed E-state index contributed by atoms with van der Waals surface area (Å²) < 4.78 is 0. The molecule has 0 saturated carbocycles. The Morgan fingerprint density at radius 1 is 0.939 bits per heavy atom. The van der Waals surface area contributed by atoms with Crippen molar-refractivity contribution in [3.05, 3.63) is 107 Å². The number of aliphatic imine (C=N–C) groups is 1. The van der Waals surface area contributed by atoms with Crippen molar-refractivity contribution in [1.29, 1.82) is 0 Å². The summed E-state index contributed by atoms with van der Waals surface area (Å²) in [4.78, 5) is 24.5. The SMILES string of the molecule is O=C(NC(=NCCc1cnc[nH]1)Nc1cccc(-c2ccccc2)c1)c1ccc(Cl)c(Cl)c1. The number of H-pyrrole nitrogens is 1. The van der Waals surface area contributed by atoms with Gasteiger partial charge in [0.15, 0.2) is 0 Å². The van der Waals surface area contributed by atoms with Crippen molar-refractivity contribution in [2.45, 2.75) is 6.42 Å². The molecule has 1 heterocycles. The van der Waals surface area contributed by atoms with Crippen molar-refractivity contribution in [2.24, 2.45) is 4.99 Å². The molecule has 4 aromatic rings. The first-order valence-corrected chi connectivity index (χ1v) is 11.0. The normalized spacial score (nSPS) is 11.3. The van der Waals surface area contributed by atoms with E-state index >= 15 is 0 Å². The Morgan fingerprint density at radius 3 is 2.52 bits per heavy atom. The van der Waals surface area contributed by atoms with Gasteiger partial charge < -0.3 is 10.3 Å². The number of carbonyl (C=O) groups excluding carboxylic acids is 1. The topological polar surface area (TPSA) is 82.2 Å². The number of amides is 1. The van der Waals surface area contributed by atoms with Crippen LogP contribution in [0.4, 0.5) is 5.69 Å². The first-order valence-electron chi connectivity index (χ1n) is 10.3. The number of hydrogen-bond donors (Lipinski definition) is 3. The third-order valence-electron chi connectivity index (χ3n) is 4.85. The van der Waals surface area contributed by atoms with E-state index in [1.807, 2.05) is 54.6 Å². The molecule has 0 fully saturated rings. The Morgan fingerprint density at radius 2 is 1.76 bits per heavy atom. The lowest BCUT2D eigenvalue weighted by Gasteiger charge is -2.13. The molecule has 0 bridgehead atoms. The monoisotopic (exact) mass is 477 g/mol. The molecule has 8 heteroatoms. The number of carbonyl (C=O) groups is 1. The second-order valence-corrected chi connectivity index (χ2v) is 8.03. The fourth-order valence-corrected chi connectivity index (χ4v) is 3.48. The molecule has 0 spiro atoms. The lowest BCUT2D eigenvalue weighted by Crippen LogP contribution is -2.36. The van der Waals surface area contributed by atoms with Gasteiger partial charge in [0.05, 0.1) is 16.4 Å². The smallest absolute Gasteiger partial charge is 0.258 e. The van der Waals surface area contributed by atoms with Gasteiger partial charge in [-0.2, -0.15) is 0 Å². The average Bonchev–Trinajstić information content (AvgIpc) is 3.35. The number of imidazole rings is 1. The van der Waals surface area contributed by atoms with E-state index in [1.165, 1.54) is 6.07 Å². The van der Waals surface area contributed by atoms with Gasteiger partial charge in [0.2, 0.25) is 5.96 Å². The van der Waals surface area contributed by atoms with Gasteiger partial charge in [-0.05, 0) is 41.5 Å². The third-order valence-corrected chi connectivity index (χ3v) is 5.59. The van der Waals surface area contributed by atoms with Crippen molar-refractivity contribution in [2.75, 3.05) is 11.9 Å². The Kier molecular flexibility index (Phi) is 7.40. The molecular formula is C25H21Cl2N5O. The van der Waals surface area contributed by atoms with Crippen LogP contribution in [-0.4, -0.2) is 28.4 Å². The maximum Gasteiger partial charge on any atom is 0.258 e. The minimum Gasteiger partial charge on any atom is -0.348 e. The van der Waals surface area contributed by atoms with Gasteiger partial charge in [-0.1, -0.05) is 65.7 Å². The van der Waals surface area contributed by atoms with Gasteiger partial charge in [0.25, 0.3) is 5.91 Å². The summed E-state index contributed by atoms with van der Waals surface area (Å²) in [6, 6.07) is 22.7. The number of benzene rings is 3.